The highest BCUT2D eigenvalue weighted by atomic mass is 35.5. The van der Waals surface area contributed by atoms with Crippen molar-refractivity contribution in [3.05, 3.63) is 34.6 Å². The zero-order valence-electron chi connectivity index (χ0n) is 17.3. The molecule has 1 aromatic heterocycles. The number of amidine groups is 1. The van der Waals surface area contributed by atoms with Gasteiger partial charge >= 0.3 is 12.0 Å². The van der Waals surface area contributed by atoms with E-state index in [0.717, 1.165) is 22.0 Å². The predicted molar refractivity (Wildman–Crippen MR) is 109 cm³/mol. The molecule has 0 N–H and O–H groups in total. The molecule has 1 atom stereocenters. The van der Waals surface area contributed by atoms with Crippen LogP contribution < -0.4 is 9.30 Å². The molecule has 156 valence electrons. The zero-order chi connectivity index (χ0) is 21.9. The molecule has 1 saturated heterocycles. The van der Waals surface area contributed by atoms with Crippen LogP contribution >= 0.6 is 11.6 Å². The van der Waals surface area contributed by atoms with Crippen LogP contribution in [-0.4, -0.2) is 58.6 Å². The first kappa shape index (κ1) is 20.1. The van der Waals surface area contributed by atoms with Crippen LogP contribution in [0, 0.1) is 13.8 Å². The number of ether oxygens (including phenoxy) is 1. The van der Waals surface area contributed by atoms with Gasteiger partial charge in [0.25, 0.3) is 5.91 Å². The van der Waals surface area contributed by atoms with Gasteiger partial charge in [-0.3, -0.25) is 19.4 Å². The number of aromatic nitrogens is 2. The number of ketones is 1. The topological polar surface area (TPSA) is 88.1 Å². The average molecular weight is 431 g/mol. The number of carbonyl (C=O) groups is 3. The average Bonchev–Trinajstić information content (AvgIpc) is 3.19. The molecule has 0 radical (unpaired) electrons. The van der Waals surface area contributed by atoms with Crippen LogP contribution in [0.4, 0.5) is 10.7 Å². The number of Topliss-reactive ketones (excluding diaryl/α,β-unsaturated/α-hetero) is 1. The molecule has 30 heavy (non-hydrogen) atoms. The zero-order valence-corrected chi connectivity index (χ0v) is 18.0. The maximum Gasteiger partial charge on any atom is 0.407 e. The maximum atomic E-state index is 13.2. The minimum Gasteiger partial charge on any atom is -0.495 e. The molecule has 2 aliphatic heterocycles. The van der Waals surface area contributed by atoms with Crippen LogP contribution in [0.15, 0.2) is 23.2 Å². The number of nitrogens with zero attached hydrogens (tertiary/aromatic N) is 5. The Morgan fingerprint density at radius 3 is 2.60 bits per heavy atom. The Morgan fingerprint density at radius 2 is 2.00 bits per heavy atom. The Morgan fingerprint density at radius 1 is 1.30 bits per heavy atom. The summed E-state index contributed by atoms with van der Waals surface area (Å²) in [5.41, 5.74) is 2.44. The minimum atomic E-state index is -0.810. The van der Waals surface area contributed by atoms with E-state index in [2.05, 4.69) is 4.99 Å². The fourth-order valence-corrected chi connectivity index (χ4v) is 4.16. The number of urea groups is 1. The van der Waals surface area contributed by atoms with Crippen LogP contribution in [0.25, 0.3) is 5.69 Å². The minimum absolute atomic E-state index is 0.269. The van der Waals surface area contributed by atoms with E-state index in [1.807, 2.05) is 24.5 Å². The lowest BCUT2D eigenvalue weighted by molar-refractivity contribution is -0.682. The van der Waals surface area contributed by atoms with Crippen molar-refractivity contribution >= 4 is 41.1 Å². The monoisotopic (exact) mass is 430 g/mol. The van der Waals surface area contributed by atoms with Crippen molar-refractivity contribution in [1.82, 2.24) is 14.4 Å². The summed E-state index contributed by atoms with van der Waals surface area (Å²) in [4.78, 5) is 44.4. The van der Waals surface area contributed by atoms with Crippen molar-refractivity contribution in [2.45, 2.75) is 26.8 Å². The fraction of sp³-hybridized carbons (Fsp3) is 0.350. The number of amides is 3. The van der Waals surface area contributed by atoms with Crippen molar-refractivity contribution in [2.75, 3.05) is 20.7 Å². The predicted octanol–water partition coefficient (Wildman–Crippen LogP) is 2.11. The van der Waals surface area contributed by atoms with Crippen molar-refractivity contribution in [1.29, 1.82) is 0 Å². The lowest BCUT2D eigenvalue weighted by atomic mass is 10.1. The van der Waals surface area contributed by atoms with E-state index in [9.17, 15) is 14.4 Å². The van der Waals surface area contributed by atoms with Crippen molar-refractivity contribution in [3.8, 4) is 11.4 Å². The smallest absolute Gasteiger partial charge is 0.407 e. The maximum absolute atomic E-state index is 13.2. The van der Waals surface area contributed by atoms with Gasteiger partial charge in [0.15, 0.2) is 0 Å². The second-order valence-electron chi connectivity index (χ2n) is 7.34. The Kier molecular flexibility index (Phi) is 4.65. The quantitative estimate of drug-likeness (QED) is 0.695. The molecule has 0 aliphatic carbocycles. The highest BCUT2D eigenvalue weighted by Crippen LogP contribution is 2.35. The summed E-state index contributed by atoms with van der Waals surface area (Å²) < 4.78 is 8.90. The molecule has 0 saturated carbocycles. The van der Waals surface area contributed by atoms with Crippen LogP contribution in [0.2, 0.25) is 5.02 Å². The molecule has 9 nitrogen and oxygen atoms in total. The van der Waals surface area contributed by atoms with Crippen molar-refractivity contribution in [2.24, 2.45) is 4.99 Å². The normalized spacial score (nSPS) is 17.8. The van der Waals surface area contributed by atoms with Gasteiger partial charge in [-0.1, -0.05) is 16.6 Å². The number of hydrogen-bond donors (Lipinski definition) is 0. The number of aliphatic imine (C=N–C) groups is 1. The number of rotatable bonds is 4. The van der Waals surface area contributed by atoms with Crippen LogP contribution in [-0.2, 0) is 9.59 Å². The van der Waals surface area contributed by atoms with E-state index in [-0.39, 0.29) is 12.3 Å². The molecule has 10 heteroatoms. The molecule has 3 amide bonds. The van der Waals surface area contributed by atoms with Crippen LogP contribution in [0.3, 0.4) is 0 Å². The standard InChI is InChI=1S/C20H21ClN5O4/c1-10(27)9-24-18(28)16-17(23(4)20(24)29)22-19-25(11(2)12(3)26(16)19)13-6-7-15(30-5)14(21)8-13/h6-8,16H,9H2,1-5H3/q+1. The highest BCUT2D eigenvalue weighted by Gasteiger charge is 2.54. The molecule has 0 spiro atoms. The van der Waals surface area contributed by atoms with E-state index in [1.165, 1.54) is 11.8 Å². The van der Waals surface area contributed by atoms with E-state index in [4.69, 9.17) is 16.3 Å². The summed E-state index contributed by atoms with van der Waals surface area (Å²) in [5.74, 6) is 0.641. The molecule has 1 aromatic carbocycles. The third kappa shape index (κ3) is 2.72. The van der Waals surface area contributed by atoms with E-state index in [1.54, 1.807) is 30.9 Å². The van der Waals surface area contributed by atoms with Gasteiger partial charge < -0.3 is 4.74 Å². The largest absolute Gasteiger partial charge is 0.495 e. The number of hydrogen-bond acceptors (Lipinski definition) is 5. The van der Waals surface area contributed by atoms with Gasteiger partial charge in [0.2, 0.25) is 11.9 Å². The van der Waals surface area contributed by atoms with Gasteiger partial charge in [0, 0.05) is 7.05 Å². The first-order valence-electron chi connectivity index (χ1n) is 9.31. The summed E-state index contributed by atoms with van der Waals surface area (Å²) >= 11 is 6.32. The fourth-order valence-electron chi connectivity index (χ4n) is 3.91. The van der Waals surface area contributed by atoms with Crippen LogP contribution in [0.1, 0.15) is 24.4 Å². The molecule has 4 rings (SSSR count). The van der Waals surface area contributed by atoms with Crippen molar-refractivity contribution in [3.63, 3.8) is 0 Å². The summed E-state index contributed by atoms with van der Waals surface area (Å²) in [6.45, 7) is 4.88. The second kappa shape index (κ2) is 6.94. The molecule has 1 fully saturated rings. The Labute approximate surface area is 178 Å². The molecule has 3 heterocycles. The van der Waals surface area contributed by atoms with E-state index >= 15 is 0 Å². The molecular formula is C20H21ClN5O4+. The Hall–Kier alpha value is -3.20. The molecule has 1 unspecified atom stereocenters. The van der Waals surface area contributed by atoms with Gasteiger partial charge in [0.1, 0.15) is 28.6 Å². The number of fused-ring (bicyclic) bond motifs is 3. The van der Waals surface area contributed by atoms with Gasteiger partial charge in [0.05, 0.1) is 18.7 Å². The molecule has 0 bridgehead atoms. The lowest BCUT2D eigenvalue weighted by Crippen LogP contribution is -2.63. The van der Waals surface area contributed by atoms with Gasteiger partial charge in [-0.05, 0) is 39.0 Å². The molecular weight excluding hydrogens is 410 g/mol. The van der Waals surface area contributed by atoms with Crippen LogP contribution in [0.5, 0.6) is 5.75 Å². The second-order valence-corrected chi connectivity index (χ2v) is 7.74. The van der Waals surface area contributed by atoms with Gasteiger partial charge in [-0.2, -0.15) is 4.57 Å². The number of imidazole rings is 1. The highest BCUT2D eigenvalue weighted by molar-refractivity contribution is 6.32. The number of carbonyl (C=O) groups excluding carboxylic acids is 3. The number of halogens is 1. The summed E-state index contributed by atoms with van der Waals surface area (Å²) in [6.07, 6.45) is 0. The third-order valence-corrected chi connectivity index (χ3v) is 5.78. The van der Waals surface area contributed by atoms with E-state index in [0.29, 0.717) is 22.6 Å². The summed E-state index contributed by atoms with van der Waals surface area (Å²) in [7, 11) is 3.10. The number of methoxy groups -OCH3 is 1. The summed E-state index contributed by atoms with van der Waals surface area (Å²) in [6, 6.07) is 3.99. The van der Waals surface area contributed by atoms with Gasteiger partial charge in [-0.15, -0.1) is 0 Å². The lowest BCUT2D eigenvalue weighted by Gasteiger charge is -2.32. The molecule has 2 aliphatic rings. The van der Waals surface area contributed by atoms with Crippen molar-refractivity contribution < 1.29 is 23.7 Å². The first-order chi connectivity index (χ1) is 14.2. The number of benzene rings is 1. The Bertz CT molecular complexity index is 1150. The number of imide groups is 1. The first-order valence-corrected chi connectivity index (χ1v) is 9.69. The third-order valence-electron chi connectivity index (χ3n) is 5.49. The SMILES string of the molecule is COc1ccc(-n2c(C)c(C)[n+]3c2N=C2C3C(=O)N(CC(C)=O)C(=O)N2C)cc1Cl. The van der Waals surface area contributed by atoms with E-state index < -0.39 is 18.0 Å². The Balaban J connectivity index is 1.89. The molecule has 2 aromatic rings. The summed E-state index contributed by atoms with van der Waals surface area (Å²) in [5, 5.41) is 0.443. The van der Waals surface area contributed by atoms with Gasteiger partial charge in [-0.25, -0.2) is 9.36 Å². The number of likely N-dealkylation sites (N-methyl/N-ethyl adjacent to an activating group) is 1.